The number of phenolic OH excluding ortho intramolecular Hbond substituents is 1. The van der Waals surface area contributed by atoms with Crippen molar-refractivity contribution in [3.8, 4) is 17.2 Å². The molecular formula is C18H15NO6. The Bertz CT molecular complexity index is 991. The minimum Gasteiger partial charge on any atom is -0.508 e. The fourth-order valence-electron chi connectivity index (χ4n) is 2.36. The zero-order valence-corrected chi connectivity index (χ0v) is 13.5. The first-order valence-electron chi connectivity index (χ1n) is 7.32. The van der Waals surface area contributed by atoms with E-state index in [0.29, 0.717) is 17.2 Å². The highest BCUT2D eigenvalue weighted by atomic mass is 16.5. The molecule has 0 saturated carbocycles. The van der Waals surface area contributed by atoms with Crippen LogP contribution < -0.4 is 20.2 Å². The summed E-state index contributed by atoms with van der Waals surface area (Å²) in [4.78, 5) is 24.7. The summed E-state index contributed by atoms with van der Waals surface area (Å²) in [6, 6.07) is 10.1. The van der Waals surface area contributed by atoms with E-state index in [1.165, 1.54) is 44.6 Å². The van der Waals surface area contributed by atoms with Gasteiger partial charge in [-0.3, -0.25) is 9.59 Å². The van der Waals surface area contributed by atoms with E-state index in [1.54, 1.807) is 6.07 Å². The quantitative estimate of drug-likeness (QED) is 0.708. The first-order chi connectivity index (χ1) is 12.0. The van der Waals surface area contributed by atoms with Gasteiger partial charge in [-0.05, 0) is 24.3 Å². The molecule has 7 nitrogen and oxygen atoms in total. The van der Waals surface area contributed by atoms with Gasteiger partial charge in [-0.2, -0.15) is 0 Å². The predicted molar refractivity (Wildman–Crippen MR) is 91.6 cm³/mol. The van der Waals surface area contributed by atoms with Crippen LogP contribution in [0.5, 0.6) is 17.2 Å². The first-order valence-corrected chi connectivity index (χ1v) is 7.32. The van der Waals surface area contributed by atoms with E-state index in [2.05, 4.69) is 5.32 Å². The van der Waals surface area contributed by atoms with E-state index in [9.17, 15) is 14.7 Å². The molecule has 0 saturated heterocycles. The van der Waals surface area contributed by atoms with Crippen molar-refractivity contribution in [3.05, 3.63) is 58.4 Å². The monoisotopic (exact) mass is 341 g/mol. The second-order valence-electron chi connectivity index (χ2n) is 5.18. The highest BCUT2D eigenvalue weighted by Gasteiger charge is 2.16. The molecule has 2 aromatic carbocycles. The van der Waals surface area contributed by atoms with Gasteiger partial charge in [0.05, 0.1) is 14.2 Å². The number of anilines is 1. The summed E-state index contributed by atoms with van der Waals surface area (Å²) in [6.45, 7) is 0. The van der Waals surface area contributed by atoms with E-state index in [4.69, 9.17) is 13.9 Å². The van der Waals surface area contributed by atoms with Crippen LogP contribution >= 0.6 is 0 Å². The summed E-state index contributed by atoms with van der Waals surface area (Å²) in [7, 11) is 2.90. The molecule has 0 aliphatic carbocycles. The minimum atomic E-state index is -0.591. The van der Waals surface area contributed by atoms with E-state index >= 15 is 0 Å². The van der Waals surface area contributed by atoms with Crippen LogP contribution in [-0.2, 0) is 0 Å². The molecule has 0 radical (unpaired) electrons. The molecule has 3 aromatic rings. The maximum atomic E-state index is 12.4. The Kier molecular flexibility index (Phi) is 4.30. The van der Waals surface area contributed by atoms with Crippen LogP contribution in [0, 0.1) is 0 Å². The average molecular weight is 341 g/mol. The number of hydrogen-bond acceptors (Lipinski definition) is 6. The summed E-state index contributed by atoms with van der Waals surface area (Å²) in [5, 5.41) is 12.1. The van der Waals surface area contributed by atoms with Crippen LogP contribution in [0.25, 0.3) is 11.0 Å². The topological polar surface area (TPSA) is 98.0 Å². The van der Waals surface area contributed by atoms with Gasteiger partial charge < -0.3 is 24.3 Å². The number of hydrogen-bond donors (Lipinski definition) is 2. The number of amides is 1. The van der Waals surface area contributed by atoms with Crippen molar-refractivity contribution in [2.45, 2.75) is 0 Å². The second-order valence-corrected chi connectivity index (χ2v) is 5.18. The smallest absolute Gasteiger partial charge is 0.291 e. The third kappa shape index (κ3) is 3.25. The number of ether oxygens (including phenoxy) is 2. The maximum absolute atomic E-state index is 12.4. The highest BCUT2D eigenvalue weighted by Crippen LogP contribution is 2.29. The van der Waals surface area contributed by atoms with Crippen molar-refractivity contribution in [1.82, 2.24) is 0 Å². The van der Waals surface area contributed by atoms with Crippen molar-refractivity contribution < 1.29 is 23.8 Å². The molecule has 128 valence electrons. The van der Waals surface area contributed by atoms with Crippen molar-refractivity contribution in [2.75, 3.05) is 19.5 Å². The Morgan fingerprint density at radius 3 is 2.44 bits per heavy atom. The standard InChI is InChI=1S/C18H15NO6/c1-23-12-7-14(24-2)17-13(21)9-16(25-15(17)8-12)18(22)19-10-3-5-11(20)6-4-10/h3-9,20H,1-2H3,(H,19,22). The highest BCUT2D eigenvalue weighted by molar-refractivity contribution is 6.03. The SMILES string of the molecule is COc1cc(OC)c2c(=O)cc(C(=O)Nc3ccc(O)cc3)oc2c1. The number of aromatic hydroxyl groups is 1. The molecule has 0 aliphatic rings. The fourth-order valence-corrected chi connectivity index (χ4v) is 2.36. The molecule has 0 fully saturated rings. The van der Waals surface area contributed by atoms with Crippen LogP contribution in [0.1, 0.15) is 10.6 Å². The molecule has 7 heteroatoms. The van der Waals surface area contributed by atoms with Gasteiger partial charge in [-0.15, -0.1) is 0 Å². The van der Waals surface area contributed by atoms with Gasteiger partial charge in [-0.1, -0.05) is 0 Å². The Morgan fingerprint density at radius 2 is 1.80 bits per heavy atom. The van der Waals surface area contributed by atoms with Crippen LogP contribution in [0.2, 0.25) is 0 Å². The number of fused-ring (bicyclic) bond motifs is 1. The number of carbonyl (C=O) groups is 1. The molecule has 1 amide bonds. The molecule has 0 bridgehead atoms. The fraction of sp³-hybridized carbons (Fsp3) is 0.111. The Balaban J connectivity index is 2.03. The van der Waals surface area contributed by atoms with Gasteiger partial charge in [0.15, 0.2) is 11.2 Å². The van der Waals surface area contributed by atoms with Crippen LogP contribution in [0.15, 0.2) is 51.7 Å². The molecule has 1 aromatic heterocycles. The summed E-state index contributed by atoms with van der Waals surface area (Å²) in [6.07, 6.45) is 0. The van der Waals surface area contributed by atoms with E-state index in [1.807, 2.05) is 0 Å². The van der Waals surface area contributed by atoms with E-state index in [-0.39, 0.29) is 22.5 Å². The van der Waals surface area contributed by atoms with Crippen LogP contribution in [-0.4, -0.2) is 25.2 Å². The van der Waals surface area contributed by atoms with Gasteiger partial charge in [0.2, 0.25) is 0 Å². The van der Waals surface area contributed by atoms with Crippen molar-refractivity contribution in [1.29, 1.82) is 0 Å². The van der Waals surface area contributed by atoms with Crippen LogP contribution in [0.3, 0.4) is 0 Å². The first kappa shape index (κ1) is 16.4. The average Bonchev–Trinajstić information content (AvgIpc) is 2.62. The summed E-state index contributed by atoms with van der Waals surface area (Å²) >= 11 is 0. The molecule has 0 spiro atoms. The number of benzene rings is 2. The van der Waals surface area contributed by atoms with Gasteiger partial charge in [0, 0.05) is 23.9 Å². The Labute approximate surface area is 142 Å². The number of rotatable bonds is 4. The zero-order valence-electron chi connectivity index (χ0n) is 13.5. The van der Waals surface area contributed by atoms with E-state index < -0.39 is 11.3 Å². The van der Waals surface area contributed by atoms with Gasteiger partial charge in [0.25, 0.3) is 5.91 Å². The Hall–Kier alpha value is -3.48. The molecule has 3 rings (SSSR count). The number of carbonyl (C=O) groups excluding carboxylic acids is 1. The largest absolute Gasteiger partial charge is 0.508 e. The van der Waals surface area contributed by atoms with Crippen molar-refractivity contribution >= 4 is 22.6 Å². The minimum absolute atomic E-state index is 0.0782. The molecule has 0 unspecified atom stereocenters. The number of methoxy groups -OCH3 is 2. The molecule has 1 heterocycles. The van der Waals surface area contributed by atoms with Gasteiger partial charge in [0.1, 0.15) is 28.2 Å². The van der Waals surface area contributed by atoms with Gasteiger partial charge >= 0.3 is 0 Å². The van der Waals surface area contributed by atoms with Crippen molar-refractivity contribution in [2.24, 2.45) is 0 Å². The number of phenols is 1. The third-order valence-electron chi connectivity index (χ3n) is 3.57. The summed E-state index contributed by atoms with van der Waals surface area (Å²) in [5.41, 5.74) is 0.227. The summed E-state index contributed by atoms with van der Waals surface area (Å²) in [5.74, 6) is 0.0685. The van der Waals surface area contributed by atoms with Gasteiger partial charge in [-0.25, -0.2) is 0 Å². The zero-order chi connectivity index (χ0) is 18.0. The second kappa shape index (κ2) is 6.56. The molecule has 0 aliphatic heterocycles. The molecule has 25 heavy (non-hydrogen) atoms. The van der Waals surface area contributed by atoms with Crippen LogP contribution in [0.4, 0.5) is 5.69 Å². The third-order valence-corrected chi connectivity index (χ3v) is 3.57. The molecule has 0 atom stereocenters. The molecular weight excluding hydrogens is 326 g/mol. The predicted octanol–water partition coefficient (Wildman–Crippen LogP) is 2.77. The molecule has 2 N–H and O–H groups in total. The lowest BCUT2D eigenvalue weighted by atomic mass is 10.2. The number of nitrogens with one attached hydrogen (secondary N) is 1. The maximum Gasteiger partial charge on any atom is 0.291 e. The lowest BCUT2D eigenvalue weighted by Gasteiger charge is -2.09. The van der Waals surface area contributed by atoms with Crippen molar-refractivity contribution in [3.63, 3.8) is 0 Å². The normalized spacial score (nSPS) is 10.5. The summed E-state index contributed by atoms with van der Waals surface area (Å²) < 4.78 is 15.9. The lowest BCUT2D eigenvalue weighted by Crippen LogP contribution is -2.15. The lowest BCUT2D eigenvalue weighted by molar-refractivity contribution is 0.0997. The van der Waals surface area contributed by atoms with E-state index in [0.717, 1.165) is 6.07 Å². The Morgan fingerprint density at radius 1 is 1.08 bits per heavy atom.